The van der Waals surface area contributed by atoms with Crippen LogP contribution in [0.2, 0.25) is 5.02 Å². The number of halogens is 4. The van der Waals surface area contributed by atoms with Crippen LogP contribution in [0.3, 0.4) is 0 Å². The van der Waals surface area contributed by atoms with Crippen LogP contribution in [0.4, 0.5) is 23.7 Å². The molecule has 1 fully saturated rings. The molecule has 164 valence electrons. The lowest BCUT2D eigenvalue weighted by Gasteiger charge is -2.33. The Bertz CT molecular complexity index is 1290. The summed E-state index contributed by atoms with van der Waals surface area (Å²) in [6, 6.07) is 5.94. The van der Waals surface area contributed by atoms with Gasteiger partial charge in [0, 0.05) is 20.9 Å². The van der Waals surface area contributed by atoms with E-state index in [1.165, 1.54) is 30.4 Å². The Kier molecular flexibility index (Phi) is 4.90. The molecule has 0 radical (unpaired) electrons. The fourth-order valence-electron chi connectivity index (χ4n) is 3.75. The smallest absolute Gasteiger partial charge is 0.329 e. The van der Waals surface area contributed by atoms with Gasteiger partial charge in [-0.05, 0) is 12.1 Å². The number of benzene rings is 1. The summed E-state index contributed by atoms with van der Waals surface area (Å²) < 4.78 is 39.3. The topological polar surface area (TPSA) is 80.1 Å². The van der Waals surface area contributed by atoms with Gasteiger partial charge in [0.2, 0.25) is 0 Å². The van der Waals surface area contributed by atoms with Crippen LogP contribution in [-0.2, 0) is 11.3 Å². The van der Waals surface area contributed by atoms with Gasteiger partial charge in [-0.1, -0.05) is 29.8 Å². The van der Waals surface area contributed by atoms with Gasteiger partial charge in [0.1, 0.15) is 11.8 Å². The van der Waals surface area contributed by atoms with Crippen molar-refractivity contribution in [1.29, 1.82) is 0 Å². The number of amides is 3. The van der Waals surface area contributed by atoms with E-state index in [9.17, 15) is 22.8 Å². The first-order valence-corrected chi connectivity index (χ1v) is 10.6. The SMILES string of the molecule is O=C1NC2C=C(c3ccccc3Cl)SC2C(=O)N1c1cncc2c1cnn2CC(F)(F)F. The Balaban J connectivity index is 1.48. The van der Waals surface area contributed by atoms with Crippen molar-refractivity contribution in [3.05, 3.63) is 59.5 Å². The zero-order chi connectivity index (χ0) is 22.6. The molecule has 0 spiro atoms. The molecule has 2 aliphatic rings. The largest absolute Gasteiger partial charge is 0.408 e. The minimum Gasteiger partial charge on any atom is -0.329 e. The lowest BCUT2D eigenvalue weighted by molar-refractivity contribution is -0.141. The van der Waals surface area contributed by atoms with Crippen molar-refractivity contribution in [2.24, 2.45) is 0 Å². The normalized spacial score (nSPS) is 21.0. The van der Waals surface area contributed by atoms with Crippen LogP contribution < -0.4 is 10.2 Å². The molecule has 2 atom stereocenters. The summed E-state index contributed by atoms with van der Waals surface area (Å²) in [5.41, 5.74) is 0.888. The van der Waals surface area contributed by atoms with Crippen LogP contribution in [0.1, 0.15) is 5.56 Å². The summed E-state index contributed by atoms with van der Waals surface area (Å²) in [6.45, 7) is -1.31. The average molecular weight is 480 g/mol. The van der Waals surface area contributed by atoms with Crippen LogP contribution in [0.25, 0.3) is 15.8 Å². The highest BCUT2D eigenvalue weighted by Crippen LogP contribution is 2.44. The summed E-state index contributed by atoms with van der Waals surface area (Å²) >= 11 is 7.54. The van der Waals surface area contributed by atoms with Gasteiger partial charge in [0.25, 0.3) is 5.91 Å². The number of carbonyl (C=O) groups excluding carboxylic acids is 2. The van der Waals surface area contributed by atoms with E-state index in [2.05, 4.69) is 15.4 Å². The molecule has 5 rings (SSSR count). The first-order chi connectivity index (χ1) is 15.2. The Morgan fingerprint density at radius 1 is 1.16 bits per heavy atom. The summed E-state index contributed by atoms with van der Waals surface area (Å²) in [6.07, 6.45) is 0.974. The van der Waals surface area contributed by atoms with E-state index < -0.39 is 36.0 Å². The number of alkyl halides is 3. The minimum absolute atomic E-state index is 0.0662. The number of fused-ring (bicyclic) bond motifs is 2. The van der Waals surface area contributed by atoms with Crippen molar-refractivity contribution in [3.8, 4) is 0 Å². The van der Waals surface area contributed by atoms with E-state index in [1.54, 1.807) is 18.2 Å². The maximum atomic E-state index is 13.3. The molecule has 0 bridgehead atoms. The number of carbonyl (C=O) groups is 2. The number of nitrogens with zero attached hydrogens (tertiary/aromatic N) is 4. The van der Waals surface area contributed by atoms with Crippen LogP contribution in [0.15, 0.2) is 48.9 Å². The number of imide groups is 1. The van der Waals surface area contributed by atoms with Crippen LogP contribution in [0.5, 0.6) is 0 Å². The molecule has 2 unspecified atom stereocenters. The highest BCUT2D eigenvalue weighted by molar-refractivity contribution is 8.09. The maximum Gasteiger partial charge on any atom is 0.408 e. The highest BCUT2D eigenvalue weighted by Gasteiger charge is 2.46. The van der Waals surface area contributed by atoms with E-state index in [-0.39, 0.29) is 16.6 Å². The van der Waals surface area contributed by atoms with Crippen LogP contribution in [-0.4, -0.2) is 44.2 Å². The van der Waals surface area contributed by atoms with Gasteiger partial charge < -0.3 is 5.32 Å². The zero-order valence-corrected chi connectivity index (χ0v) is 17.6. The lowest BCUT2D eigenvalue weighted by atomic mass is 10.1. The number of aromatic nitrogens is 3. The van der Waals surface area contributed by atoms with Gasteiger partial charge in [0.05, 0.1) is 35.8 Å². The predicted molar refractivity (Wildman–Crippen MR) is 114 cm³/mol. The number of anilines is 1. The number of hydrogen-bond donors (Lipinski definition) is 1. The van der Waals surface area contributed by atoms with Crippen LogP contribution in [0, 0.1) is 0 Å². The molecule has 4 heterocycles. The molecule has 3 aromatic rings. The first kappa shape index (κ1) is 20.8. The highest BCUT2D eigenvalue weighted by atomic mass is 35.5. The van der Waals surface area contributed by atoms with Crippen molar-refractivity contribution in [2.75, 3.05) is 4.90 Å². The monoisotopic (exact) mass is 479 g/mol. The number of rotatable bonds is 3. The van der Waals surface area contributed by atoms with E-state index in [0.29, 0.717) is 5.02 Å². The molecule has 32 heavy (non-hydrogen) atoms. The third kappa shape index (κ3) is 3.51. The Morgan fingerprint density at radius 2 is 1.94 bits per heavy atom. The molecule has 2 aliphatic heterocycles. The maximum absolute atomic E-state index is 13.3. The molecule has 1 aromatic carbocycles. The molecule has 12 heteroatoms. The van der Waals surface area contributed by atoms with Crippen molar-refractivity contribution in [1.82, 2.24) is 20.1 Å². The van der Waals surface area contributed by atoms with Crippen molar-refractivity contribution >= 4 is 56.8 Å². The lowest BCUT2D eigenvalue weighted by Crippen LogP contribution is -2.60. The van der Waals surface area contributed by atoms with Crippen molar-refractivity contribution in [3.63, 3.8) is 0 Å². The third-order valence-electron chi connectivity index (χ3n) is 5.13. The molecule has 0 aliphatic carbocycles. The fourth-order valence-corrected chi connectivity index (χ4v) is 5.35. The number of nitrogens with one attached hydrogen (secondary N) is 1. The summed E-state index contributed by atoms with van der Waals surface area (Å²) in [5.74, 6) is -0.500. The van der Waals surface area contributed by atoms with E-state index >= 15 is 0 Å². The van der Waals surface area contributed by atoms with Gasteiger partial charge in [-0.2, -0.15) is 18.3 Å². The number of pyridine rings is 1. The van der Waals surface area contributed by atoms with Gasteiger partial charge >= 0.3 is 12.2 Å². The first-order valence-electron chi connectivity index (χ1n) is 9.37. The third-order valence-corrected chi connectivity index (χ3v) is 6.82. The molecule has 0 saturated carbocycles. The second kappa shape index (κ2) is 7.52. The van der Waals surface area contributed by atoms with Gasteiger partial charge in [-0.25, -0.2) is 9.69 Å². The minimum atomic E-state index is -4.48. The summed E-state index contributed by atoms with van der Waals surface area (Å²) in [5, 5.41) is 6.63. The molecule has 1 saturated heterocycles. The van der Waals surface area contributed by atoms with E-state index in [4.69, 9.17) is 11.6 Å². The molecular formula is C20H13ClF3N5O2S. The number of urea groups is 1. The van der Waals surface area contributed by atoms with Gasteiger partial charge in [-0.15, -0.1) is 11.8 Å². The molecule has 1 N–H and O–H groups in total. The second-order valence-electron chi connectivity index (χ2n) is 7.21. The molecule has 3 amide bonds. The van der Waals surface area contributed by atoms with E-state index in [1.807, 2.05) is 12.1 Å². The summed E-state index contributed by atoms with van der Waals surface area (Å²) in [4.78, 5) is 31.7. The zero-order valence-electron chi connectivity index (χ0n) is 16.0. The Labute approximate surface area is 188 Å². The fraction of sp³-hybridized carbons (Fsp3) is 0.200. The Hall–Kier alpha value is -3.05. The summed E-state index contributed by atoms with van der Waals surface area (Å²) in [7, 11) is 0. The van der Waals surface area contributed by atoms with E-state index in [0.717, 1.165) is 20.1 Å². The number of hydrogen-bond acceptors (Lipinski definition) is 5. The van der Waals surface area contributed by atoms with Crippen molar-refractivity contribution in [2.45, 2.75) is 24.0 Å². The second-order valence-corrected chi connectivity index (χ2v) is 8.80. The molecular weight excluding hydrogens is 467 g/mol. The average Bonchev–Trinajstić information content (AvgIpc) is 3.32. The van der Waals surface area contributed by atoms with Gasteiger partial charge in [0.15, 0.2) is 0 Å². The Morgan fingerprint density at radius 3 is 2.69 bits per heavy atom. The van der Waals surface area contributed by atoms with Crippen molar-refractivity contribution < 1.29 is 22.8 Å². The van der Waals surface area contributed by atoms with Gasteiger partial charge in [-0.3, -0.25) is 14.5 Å². The molecule has 2 aromatic heterocycles. The molecule has 7 nitrogen and oxygen atoms in total. The standard InChI is InChI=1S/C20H13ClF3N5O2S/c21-12-4-2-1-3-10(12)16-5-13-17(32-16)18(30)29(19(31)27-13)15-8-25-7-14-11(15)6-26-28(14)9-20(22,23)24/h1-8,13,17H,9H2,(H,27,31). The van der Waals surface area contributed by atoms with Crippen LogP contribution >= 0.6 is 23.4 Å². The quantitative estimate of drug-likeness (QED) is 0.608. The number of thioether (sulfide) groups is 1. The predicted octanol–water partition coefficient (Wildman–Crippen LogP) is 4.23.